The van der Waals surface area contributed by atoms with Crippen molar-refractivity contribution in [3.63, 3.8) is 0 Å². The summed E-state index contributed by atoms with van der Waals surface area (Å²) in [5, 5.41) is 5.08. The Kier molecular flexibility index (Phi) is 4.12. The van der Waals surface area contributed by atoms with Gasteiger partial charge in [-0.15, -0.1) is 0 Å². The van der Waals surface area contributed by atoms with E-state index >= 15 is 0 Å². The molecule has 6 nitrogen and oxygen atoms in total. The summed E-state index contributed by atoms with van der Waals surface area (Å²) in [5.41, 5.74) is 1.63. The van der Waals surface area contributed by atoms with Gasteiger partial charge >= 0.3 is 6.09 Å². The standard InChI is InChI=1S/C9H12N4O2S/c1-5-4-6(2)11-7(10-5)12-8(16)13-9(14)15-3/h4H,1-3H3,(H2,10,11,12,13,14,16). The summed E-state index contributed by atoms with van der Waals surface area (Å²) >= 11 is 4.86. The van der Waals surface area contributed by atoms with Crippen molar-refractivity contribution in [1.29, 1.82) is 0 Å². The lowest BCUT2D eigenvalue weighted by Gasteiger charge is -2.07. The van der Waals surface area contributed by atoms with Crippen molar-refractivity contribution in [3.05, 3.63) is 17.5 Å². The zero-order valence-corrected chi connectivity index (χ0v) is 10.0. The van der Waals surface area contributed by atoms with Crippen LogP contribution in [0.4, 0.5) is 10.7 Å². The molecule has 1 rings (SSSR count). The first-order valence-electron chi connectivity index (χ1n) is 4.49. The van der Waals surface area contributed by atoms with Crippen molar-refractivity contribution in [2.75, 3.05) is 12.4 Å². The number of aromatic nitrogens is 2. The number of hydrogen-bond acceptors (Lipinski definition) is 5. The normalized spacial score (nSPS) is 9.44. The minimum atomic E-state index is -0.637. The van der Waals surface area contributed by atoms with E-state index in [0.717, 1.165) is 11.4 Å². The van der Waals surface area contributed by atoms with Crippen LogP contribution in [0.5, 0.6) is 0 Å². The second-order valence-electron chi connectivity index (χ2n) is 3.05. The fraction of sp³-hybridized carbons (Fsp3) is 0.333. The Balaban J connectivity index is 2.66. The molecule has 1 heterocycles. The third-order valence-corrected chi connectivity index (χ3v) is 1.81. The van der Waals surface area contributed by atoms with Crippen LogP contribution < -0.4 is 10.6 Å². The molecule has 0 bridgehead atoms. The first kappa shape index (κ1) is 12.3. The summed E-state index contributed by atoms with van der Waals surface area (Å²) < 4.78 is 4.39. The predicted molar refractivity (Wildman–Crippen MR) is 63.3 cm³/mol. The maximum absolute atomic E-state index is 10.8. The molecule has 1 aromatic rings. The zero-order valence-electron chi connectivity index (χ0n) is 9.20. The van der Waals surface area contributed by atoms with Gasteiger partial charge in [-0.25, -0.2) is 14.8 Å². The van der Waals surface area contributed by atoms with E-state index in [1.54, 1.807) is 0 Å². The van der Waals surface area contributed by atoms with Gasteiger partial charge in [0.25, 0.3) is 0 Å². The maximum Gasteiger partial charge on any atom is 0.413 e. The van der Waals surface area contributed by atoms with E-state index in [1.807, 2.05) is 19.9 Å². The van der Waals surface area contributed by atoms with Crippen LogP contribution in [0.1, 0.15) is 11.4 Å². The first-order chi connectivity index (χ1) is 7.51. The van der Waals surface area contributed by atoms with Crippen molar-refractivity contribution in [3.8, 4) is 0 Å². The highest BCUT2D eigenvalue weighted by molar-refractivity contribution is 7.80. The summed E-state index contributed by atoms with van der Waals surface area (Å²) in [7, 11) is 1.26. The summed E-state index contributed by atoms with van der Waals surface area (Å²) in [6, 6.07) is 1.84. The highest BCUT2D eigenvalue weighted by atomic mass is 32.1. The number of hydrogen-bond donors (Lipinski definition) is 2. The number of carbonyl (C=O) groups excluding carboxylic acids is 1. The number of methoxy groups -OCH3 is 1. The summed E-state index contributed by atoms with van der Waals surface area (Å²) in [5.74, 6) is 0.346. The number of nitrogens with one attached hydrogen (secondary N) is 2. The molecule has 1 aromatic heterocycles. The maximum atomic E-state index is 10.8. The van der Waals surface area contributed by atoms with Crippen LogP contribution in [-0.4, -0.2) is 28.3 Å². The smallest absolute Gasteiger partial charge is 0.413 e. The number of alkyl carbamates (subject to hydrolysis) is 1. The minimum Gasteiger partial charge on any atom is -0.453 e. The van der Waals surface area contributed by atoms with E-state index in [-0.39, 0.29) is 5.11 Å². The molecular weight excluding hydrogens is 228 g/mol. The highest BCUT2D eigenvalue weighted by Gasteiger charge is 2.05. The lowest BCUT2D eigenvalue weighted by atomic mass is 10.4. The molecule has 0 saturated heterocycles. The molecule has 86 valence electrons. The molecule has 1 amide bonds. The Morgan fingerprint density at radius 1 is 1.38 bits per heavy atom. The fourth-order valence-corrected chi connectivity index (χ4v) is 1.23. The number of thiocarbonyl (C=S) groups is 1. The molecule has 2 N–H and O–H groups in total. The molecule has 16 heavy (non-hydrogen) atoms. The van der Waals surface area contributed by atoms with E-state index in [0.29, 0.717) is 5.95 Å². The third-order valence-electron chi connectivity index (χ3n) is 1.61. The van der Waals surface area contributed by atoms with E-state index in [4.69, 9.17) is 12.2 Å². The zero-order chi connectivity index (χ0) is 12.1. The first-order valence-corrected chi connectivity index (χ1v) is 4.90. The van der Waals surface area contributed by atoms with Crippen LogP contribution in [0.15, 0.2) is 6.07 Å². The average Bonchev–Trinajstić information content (AvgIpc) is 2.15. The predicted octanol–water partition coefficient (Wildman–Crippen LogP) is 1.15. The lowest BCUT2D eigenvalue weighted by molar-refractivity contribution is 0.177. The third kappa shape index (κ3) is 3.77. The Morgan fingerprint density at radius 2 is 1.94 bits per heavy atom. The summed E-state index contributed by atoms with van der Waals surface area (Å²) in [6.45, 7) is 3.69. The van der Waals surface area contributed by atoms with Gasteiger partial charge in [0.05, 0.1) is 7.11 Å². The monoisotopic (exact) mass is 240 g/mol. The van der Waals surface area contributed by atoms with Gasteiger partial charge in [0, 0.05) is 11.4 Å². The SMILES string of the molecule is COC(=O)NC(=S)Nc1nc(C)cc(C)n1. The van der Waals surface area contributed by atoms with Gasteiger partial charge in [-0.2, -0.15) is 0 Å². The van der Waals surface area contributed by atoms with Crippen molar-refractivity contribution < 1.29 is 9.53 Å². The lowest BCUT2D eigenvalue weighted by Crippen LogP contribution is -2.34. The number of carbonyl (C=O) groups is 1. The topological polar surface area (TPSA) is 76.1 Å². The fourth-order valence-electron chi connectivity index (χ4n) is 1.06. The Hall–Kier alpha value is -1.76. The minimum absolute atomic E-state index is 0.0943. The van der Waals surface area contributed by atoms with E-state index < -0.39 is 6.09 Å². The van der Waals surface area contributed by atoms with Gasteiger partial charge in [0.15, 0.2) is 5.11 Å². The van der Waals surface area contributed by atoms with Gasteiger partial charge in [-0.05, 0) is 32.1 Å². The molecule has 0 aliphatic rings. The van der Waals surface area contributed by atoms with E-state index in [1.165, 1.54) is 7.11 Å². The van der Waals surface area contributed by atoms with Crippen LogP contribution in [0.3, 0.4) is 0 Å². The van der Waals surface area contributed by atoms with Crippen LogP contribution >= 0.6 is 12.2 Å². The molecule has 0 fully saturated rings. The number of amides is 1. The average molecular weight is 240 g/mol. The number of aryl methyl sites for hydroxylation is 2. The van der Waals surface area contributed by atoms with Crippen molar-refractivity contribution in [2.45, 2.75) is 13.8 Å². The molecule has 0 atom stereocenters. The molecule has 7 heteroatoms. The Labute approximate surface area is 98.4 Å². The van der Waals surface area contributed by atoms with E-state index in [2.05, 4.69) is 25.3 Å². The second-order valence-corrected chi connectivity index (χ2v) is 3.45. The van der Waals surface area contributed by atoms with Gasteiger partial charge in [0.1, 0.15) is 0 Å². The number of ether oxygens (including phenoxy) is 1. The molecule has 0 spiro atoms. The molecule has 0 aliphatic heterocycles. The van der Waals surface area contributed by atoms with Crippen LogP contribution in [0.2, 0.25) is 0 Å². The van der Waals surface area contributed by atoms with Crippen molar-refractivity contribution in [2.24, 2.45) is 0 Å². The van der Waals surface area contributed by atoms with Crippen molar-refractivity contribution in [1.82, 2.24) is 15.3 Å². The highest BCUT2D eigenvalue weighted by Crippen LogP contribution is 2.03. The molecule has 0 aromatic carbocycles. The van der Waals surface area contributed by atoms with Crippen LogP contribution in [0, 0.1) is 13.8 Å². The van der Waals surface area contributed by atoms with Crippen LogP contribution in [-0.2, 0) is 4.74 Å². The van der Waals surface area contributed by atoms with Gasteiger partial charge in [-0.1, -0.05) is 0 Å². The Bertz CT molecular complexity index is 402. The van der Waals surface area contributed by atoms with E-state index in [9.17, 15) is 4.79 Å². The number of nitrogens with zero attached hydrogens (tertiary/aromatic N) is 2. The molecule has 0 unspecified atom stereocenters. The summed E-state index contributed by atoms with van der Waals surface area (Å²) in [4.78, 5) is 19.1. The number of rotatable bonds is 1. The molecule has 0 radical (unpaired) electrons. The summed E-state index contributed by atoms with van der Waals surface area (Å²) in [6.07, 6.45) is -0.637. The number of anilines is 1. The second kappa shape index (κ2) is 5.36. The quantitative estimate of drug-likeness (QED) is 0.717. The Morgan fingerprint density at radius 3 is 2.44 bits per heavy atom. The molecule has 0 aliphatic carbocycles. The molecular formula is C9H12N4O2S. The largest absolute Gasteiger partial charge is 0.453 e. The van der Waals surface area contributed by atoms with Gasteiger partial charge < -0.3 is 10.1 Å². The van der Waals surface area contributed by atoms with Crippen molar-refractivity contribution >= 4 is 29.4 Å². The molecule has 0 saturated carbocycles. The van der Waals surface area contributed by atoms with Gasteiger partial charge in [-0.3, -0.25) is 5.32 Å². The van der Waals surface area contributed by atoms with Crippen LogP contribution in [0.25, 0.3) is 0 Å². The van der Waals surface area contributed by atoms with Gasteiger partial charge in [0.2, 0.25) is 5.95 Å².